The zero-order valence-corrected chi connectivity index (χ0v) is 11.3. The normalized spacial score (nSPS) is 15.3. The fourth-order valence-electron chi connectivity index (χ4n) is 1.73. The van der Waals surface area contributed by atoms with Crippen molar-refractivity contribution in [1.29, 1.82) is 0 Å². The van der Waals surface area contributed by atoms with Crippen LogP contribution in [0.4, 0.5) is 0 Å². The first-order valence-corrected chi connectivity index (χ1v) is 6.19. The van der Waals surface area contributed by atoms with Crippen molar-refractivity contribution in [2.45, 2.75) is 32.7 Å². The maximum Gasteiger partial charge on any atom is 0.111 e. The number of H-pyrrole nitrogens is 1. The summed E-state index contributed by atoms with van der Waals surface area (Å²) in [4.78, 5) is 7.96. The molecule has 2 atom stereocenters. The summed E-state index contributed by atoms with van der Waals surface area (Å²) >= 11 is 3.49. The molecular formula is C12H16BrN3. The van der Waals surface area contributed by atoms with Gasteiger partial charge in [0.05, 0.1) is 11.0 Å². The molecule has 1 aromatic heterocycles. The molecule has 0 bridgehead atoms. The molecule has 0 saturated heterocycles. The summed E-state index contributed by atoms with van der Waals surface area (Å²) in [6.45, 7) is 6.15. The largest absolute Gasteiger partial charge is 0.342 e. The van der Waals surface area contributed by atoms with Crippen LogP contribution >= 0.6 is 15.9 Å². The van der Waals surface area contributed by atoms with Gasteiger partial charge in [-0.2, -0.15) is 0 Å². The lowest BCUT2D eigenvalue weighted by atomic mass is 10.0. The summed E-state index contributed by atoms with van der Waals surface area (Å²) in [5, 5.41) is 0. The van der Waals surface area contributed by atoms with Crippen LogP contribution in [-0.4, -0.2) is 16.0 Å². The molecule has 0 spiro atoms. The van der Waals surface area contributed by atoms with Crippen molar-refractivity contribution in [1.82, 2.24) is 9.97 Å². The van der Waals surface area contributed by atoms with Gasteiger partial charge in [-0.3, -0.25) is 0 Å². The zero-order chi connectivity index (χ0) is 11.9. The van der Waals surface area contributed by atoms with Gasteiger partial charge >= 0.3 is 0 Å². The predicted octanol–water partition coefficient (Wildman–Crippen LogP) is 3.08. The molecule has 86 valence electrons. The van der Waals surface area contributed by atoms with E-state index in [0.29, 0.717) is 0 Å². The average Bonchev–Trinajstić information content (AvgIpc) is 2.60. The number of nitrogens with two attached hydrogens (primary N) is 1. The van der Waals surface area contributed by atoms with Gasteiger partial charge in [-0.25, -0.2) is 4.98 Å². The summed E-state index contributed by atoms with van der Waals surface area (Å²) in [5.74, 6) is 1.21. The van der Waals surface area contributed by atoms with Gasteiger partial charge < -0.3 is 10.7 Å². The smallest absolute Gasteiger partial charge is 0.111 e. The fourth-order valence-corrected chi connectivity index (χ4v) is 2.30. The van der Waals surface area contributed by atoms with E-state index in [0.717, 1.165) is 21.3 Å². The highest BCUT2D eigenvalue weighted by Crippen LogP contribution is 2.25. The lowest BCUT2D eigenvalue weighted by Crippen LogP contribution is -2.23. The molecule has 2 aromatic rings. The van der Waals surface area contributed by atoms with Gasteiger partial charge in [0.2, 0.25) is 0 Å². The number of hydrogen-bond acceptors (Lipinski definition) is 2. The Morgan fingerprint density at radius 1 is 1.38 bits per heavy atom. The molecule has 0 fully saturated rings. The molecule has 0 aliphatic carbocycles. The topological polar surface area (TPSA) is 54.7 Å². The molecule has 2 rings (SSSR count). The summed E-state index contributed by atoms with van der Waals surface area (Å²) in [6, 6.07) is 4.22. The lowest BCUT2D eigenvalue weighted by Gasteiger charge is -2.11. The van der Waals surface area contributed by atoms with Crippen molar-refractivity contribution < 1.29 is 0 Å². The SMILES string of the molecule is Cc1cc(Br)cc2[nH]c(C(C)C(C)N)nc12. The van der Waals surface area contributed by atoms with Crippen LogP contribution < -0.4 is 5.73 Å². The molecule has 3 N–H and O–H groups in total. The third kappa shape index (κ3) is 1.99. The first-order chi connectivity index (χ1) is 7.49. The second-order valence-electron chi connectivity index (χ2n) is 4.39. The molecule has 0 radical (unpaired) electrons. The summed E-state index contributed by atoms with van der Waals surface area (Å²) < 4.78 is 1.07. The number of aromatic nitrogens is 2. The Kier molecular flexibility index (Phi) is 3.04. The van der Waals surface area contributed by atoms with E-state index in [9.17, 15) is 0 Å². The zero-order valence-electron chi connectivity index (χ0n) is 9.71. The molecular weight excluding hydrogens is 266 g/mol. The van der Waals surface area contributed by atoms with Crippen molar-refractivity contribution in [3.05, 3.63) is 28.0 Å². The minimum atomic E-state index is 0.101. The van der Waals surface area contributed by atoms with Gasteiger partial charge in [-0.15, -0.1) is 0 Å². The van der Waals surface area contributed by atoms with Crippen molar-refractivity contribution in [3.8, 4) is 0 Å². The summed E-state index contributed by atoms with van der Waals surface area (Å²) in [5.41, 5.74) is 9.16. The number of fused-ring (bicyclic) bond motifs is 1. The maximum atomic E-state index is 5.89. The van der Waals surface area contributed by atoms with Gasteiger partial charge in [0.15, 0.2) is 0 Å². The maximum absolute atomic E-state index is 5.89. The minimum Gasteiger partial charge on any atom is -0.342 e. The molecule has 0 amide bonds. The first-order valence-electron chi connectivity index (χ1n) is 5.40. The number of rotatable bonds is 2. The van der Waals surface area contributed by atoms with Crippen LogP contribution in [-0.2, 0) is 0 Å². The van der Waals surface area contributed by atoms with E-state index in [1.165, 1.54) is 5.56 Å². The van der Waals surface area contributed by atoms with Gasteiger partial charge in [0.25, 0.3) is 0 Å². The van der Waals surface area contributed by atoms with Gasteiger partial charge in [-0.1, -0.05) is 22.9 Å². The van der Waals surface area contributed by atoms with E-state index in [1.807, 2.05) is 13.0 Å². The number of benzene rings is 1. The van der Waals surface area contributed by atoms with Crippen molar-refractivity contribution in [2.75, 3.05) is 0 Å². The highest BCUT2D eigenvalue weighted by molar-refractivity contribution is 9.10. The third-order valence-electron chi connectivity index (χ3n) is 2.98. The fraction of sp³-hybridized carbons (Fsp3) is 0.417. The van der Waals surface area contributed by atoms with Crippen LogP contribution in [0.1, 0.15) is 31.2 Å². The lowest BCUT2D eigenvalue weighted by molar-refractivity contribution is 0.588. The molecule has 16 heavy (non-hydrogen) atoms. The number of nitrogens with one attached hydrogen (secondary N) is 1. The second kappa shape index (κ2) is 4.18. The number of nitrogens with zero attached hydrogens (tertiary/aromatic N) is 1. The highest BCUT2D eigenvalue weighted by atomic mass is 79.9. The molecule has 0 aliphatic heterocycles. The van der Waals surface area contributed by atoms with Crippen molar-refractivity contribution in [3.63, 3.8) is 0 Å². The molecule has 3 nitrogen and oxygen atoms in total. The molecule has 1 aromatic carbocycles. The first kappa shape index (κ1) is 11.6. The van der Waals surface area contributed by atoms with E-state index in [2.05, 4.69) is 45.8 Å². The van der Waals surface area contributed by atoms with E-state index in [1.54, 1.807) is 0 Å². The van der Waals surface area contributed by atoms with Crippen molar-refractivity contribution >= 4 is 27.0 Å². The Balaban J connectivity index is 2.56. The van der Waals surface area contributed by atoms with Crippen LogP contribution in [0.5, 0.6) is 0 Å². The van der Waals surface area contributed by atoms with E-state index < -0.39 is 0 Å². The van der Waals surface area contributed by atoms with E-state index in [-0.39, 0.29) is 12.0 Å². The van der Waals surface area contributed by atoms with Crippen LogP contribution in [0.25, 0.3) is 11.0 Å². The van der Waals surface area contributed by atoms with Crippen LogP contribution in [0.15, 0.2) is 16.6 Å². The monoisotopic (exact) mass is 281 g/mol. The molecule has 4 heteroatoms. The van der Waals surface area contributed by atoms with Gasteiger partial charge in [-0.05, 0) is 31.5 Å². The Morgan fingerprint density at radius 3 is 2.69 bits per heavy atom. The standard InChI is InChI=1S/C12H16BrN3/c1-6-4-9(13)5-10-11(6)16-12(15-10)7(2)8(3)14/h4-5,7-8H,14H2,1-3H3,(H,15,16). The summed E-state index contributed by atoms with van der Waals surface area (Å²) in [7, 11) is 0. The van der Waals surface area contributed by atoms with Gasteiger partial charge in [0, 0.05) is 16.4 Å². The Labute approximate surface area is 104 Å². The third-order valence-corrected chi connectivity index (χ3v) is 3.44. The average molecular weight is 282 g/mol. The Bertz CT molecular complexity index is 516. The quantitative estimate of drug-likeness (QED) is 0.889. The molecule has 0 saturated carbocycles. The van der Waals surface area contributed by atoms with E-state index in [4.69, 9.17) is 5.73 Å². The van der Waals surface area contributed by atoms with Gasteiger partial charge in [0.1, 0.15) is 5.82 Å². The molecule has 1 heterocycles. The van der Waals surface area contributed by atoms with Crippen LogP contribution in [0.2, 0.25) is 0 Å². The molecule has 0 aliphatic rings. The van der Waals surface area contributed by atoms with E-state index >= 15 is 0 Å². The second-order valence-corrected chi connectivity index (χ2v) is 5.30. The van der Waals surface area contributed by atoms with Crippen LogP contribution in [0, 0.1) is 6.92 Å². The number of imidazole rings is 1. The highest BCUT2D eigenvalue weighted by Gasteiger charge is 2.15. The Hall–Kier alpha value is -0.870. The minimum absolute atomic E-state index is 0.101. The number of aromatic amines is 1. The number of aryl methyl sites for hydroxylation is 1. The van der Waals surface area contributed by atoms with Crippen molar-refractivity contribution in [2.24, 2.45) is 5.73 Å². The predicted molar refractivity (Wildman–Crippen MR) is 70.6 cm³/mol. The number of hydrogen-bond donors (Lipinski definition) is 2. The number of halogens is 1. The summed E-state index contributed by atoms with van der Waals surface area (Å²) in [6.07, 6.45) is 0. The Morgan fingerprint density at radius 2 is 2.06 bits per heavy atom. The van der Waals surface area contributed by atoms with Crippen LogP contribution in [0.3, 0.4) is 0 Å². The molecule has 2 unspecified atom stereocenters.